The number of benzene rings is 2. The monoisotopic (exact) mass is 438 g/mol. The lowest BCUT2D eigenvalue weighted by Crippen LogP contribution is -2.38. The average molecular weight is 439 g/mol. The maximum atomic E-state index is 13.6. The second kappa shape index (κ2) is 9.15. The van der Waals surface area contributed by atoms with E-state index in [-0.39, 0.29) is 24.8 Å². The van der Waals surface area contributed by atoms with Crippen molar-refractivity contribution in [3.63, 3.8) is 0 Å². The lowest BCUT2D eigenvalue weighted by Gasteiger charge is -2.16. The first kappa shape index (κ1) is 20.9. The molecule has 1 unspecified atom stereocenters. The van der Waals surface area contributed by atoms with Crippen LogP contribution in [-0.2, 0) is 11.3 Å². The Bertz CT molecular complexity index is 1070. The van der Waals surface area contributed by atoms with Gasteiger partial charge in [-0.05, 0) is 55.5 Å². The van der Waals surface area contributed by atoms with Gasteiger partial charge in [0.05, 0.1) is 6.04 Å². The summed E-state index contributed by atoms with van der Waals surface area (Å²) in [6.07, 6.45) is 0. The Morgan fingerprint density at radius 2 is 2.03 bits per heavy atom. The number of aromatic nitrogens is 3. The predicted molar refractivity (Wildman–Crippen MR) is 107 cm³/mol. The smallest absolute Gasteiger partial charge is 0.240 e. The number of hydrogen-bond donors (Lipinski definition) is 2. The third-order valence-corrected chi connectivity index (χ3v) is 4.52. The molecule has 0 saturated heterocycles. The Labute approximate surface area is 175 Å². The summed E-state index contributed by atoms with van der Waals surface area (Å²) < 4.78 is 33.7. The second-order valence-corrected chi connectivity index (χ2v) is 7.12. The van der Waals surface area contributed by atoms with Crippen molar-refractivity contribution in [3.8, 4) is 17.1 Å². The molecule has 0 radical (unpaired) electrons. The summed E-state index contributed by atoms with van der Waals surface area (Å²) in [4.78, 5) is 12.4. The number of halogens is 3. The Kier molecular flexibility index (Phi) is 6.60. The number of H-pyrrole nitrogens is 1. The molecule has 2 aromatic carbocycles. The number of carbonyl (C=O) groups is 1. The van der Waals surface area contributed by atoms with Crippen molar-refractivity contribution in [1.29, 1.82) is 0 Å². The number of carbonyl (C=O) groups excluding carboxylic acids is 1. The molecule has 3 rings (SSSR count). The van der Waals surface area contributed by atoms with Gasteiger partial charge in [0, 0.05) is 16.7 Å². The summed E-state index contributed by atoms with van der Waals surface area (Å²) in [5.41, 5.74) is 0.748. The molecule has 0 aliphatic heterocycles. The van der Waals surface area contributed by atoms with Crippen LogP contribution in [0.4, 0.5) is 8.78 Å². The fourth-order valence-corrected chi connectivity index (χ4v) is 2.92. The molecular formula is C19H17ClF2N4O2S. The molecule has 6 nitrogen and oxygen atoms in total. The van der Waals surface area contributed by atoms with Crippen LogP contribution in [0.3, 0.4) is 0 Å². The van der Waals surface area contributed by atoms with Crippen molar-refractivity contribution >= 4 is 29.7 Å². The van der Waals surface area contributed by atoms with Gasteiger partial charge in [0.1, 0.15) is 19.0 Å². The number of rotatable bonds is 7. The van der Waals surface area contributed by atoms with Gasteiger partial charge in [0.25, 0.3) is 0 Å². The maximum Gasteiger partial charge on any atom is 0.240 e. The number of nitrogens with one attached hydrogen (secondary N) is 2. The van der Waals surface area contributed by atoms with E-state index < -0.39 is 17.7 Å². The number of nitrogens with zero attached hydrogens (tertiary/aromatic N) is 2. The van der Waals surface area contributed by atoms with Gasteiger partial charge in [-0.3, -0.25) is 14.5 Å². The van der Waals surface area contributed by atoms with E-state index in [1.165, 1.54) is 6.07 Å². The van der Waals surface area contributed by atoms with Crippen molar-refractivity contribution in [2.24, 2.45) is 0 Å². The van der Waals surface area contributed by atoms with Crippen LogP contribution in [0.25, 0.3) is 11.4 Å². The summed E-state index contributed by atoms with van der Waals surface area (Å²) in [6, 6.07) is 9.58. The molecular weight excluding hydrogens is 422 g/mol. The van der Waals surface area contributed by atoms with E-state index in [0.29, 0.717) is 15.6 Å². The summed E-state index contributed by atoms with van der Waals surface area (Å²) in [5.74, 6) is -1.41. The van der Waals surface area contributed by atoms with Gasteiger partial charge in [0.2, 0.25) is 5.91 Å². The third-order valence-electron chi connectivity index (χ3n) is 3.95. The summed E-state index contributed by atoms with van der Waals surface area (Å²) >= 11 is 11.1. The quantitative estimate of drug-likeness (QED) is 0.544. The SMILES string of the molecule is CC(COc1ccc(F)cc1F)NC(=O)Cn1c(-c2ccc(Cl)cc2)n[nH]c1=S. The Morgan fingerprint density at radius 1 is 1.31 bits per heavy atom. The van der Waals surface area contributed by atoms with Crippen molar-refractivity contribution in [1.82, 2.24) is 20.1 Å². The number of aromatic amines is 1. The van der Waals surface area contributed by atoms with E-state index in [9.17, 15) is 13.6 Å². The number of amides is 1. The van der Waals surface area contributed by atoms with Crippen molar-refractivity contribution < 1.29 is 18.3 Å². The van der Waals surface area contributed by atoms with Crippen LogP contribution in [-0.4, -0.2) is 33.3 Å². The molecule has 2 N–H and O–H groups in total. The van der Waals surface area contributed by atoms with Gasteiger partial charge in [-0.2, -0.15) is 5.10 Å². The van der Waals surface area contributed by atoms with Crippen molar-refractivity contribution in [3.05, 3.63) is 63.9 Å². The zero-order valence-electron chi connectivity index (χ0n) is 15.3. The first-order valence-electron chi connectivity index (χ1n) is 8.62. The highest BCUT2D eigenvalue weighted by Gasteiger charge is 2.15. The molecule has 0 aliphatic carbocycles. The fraction of sp³-hybridized carbons (Fsp3) is 0.211. The van der Waals surface area contributed by atoms with Gasteiger partial charge >= 0.3 is 0 Å². The Hall–Kier alpha value is -2.78. The Balaban J connectivity index is 1.61. The van der Waals surface area contributed by atoms with Crippen molar-refractivity contribution in [2.75, 3.05) is 6.61 Å². The average Bonchev–Trinajstić information content (AvgIpc) is 3.02. The van der Waals surface area contributed by atoms with E-state index in [1.54, 1.807) is 35.8 Å². The minimum atomic E-state index is -0.805. The van der Waals surface area contributed by atoms with Crippen LogP contribution < -0.4 is 10.1 Å². The first-order valence-corrected chi connectivity index (χ1v) is 9.40. The van der Waals surface area contributed by atoms with E-state index in [2.05, 4.69) is 15.5 Å². The molecule has 29 heavy (non-hydrogen) atoms. The normalized spacial score (nSPS) is 11.9. The van der Waals surface area contributed by atoms with Crippen LogP contribution in [0, 0.1) is 16.4 Å². The van der Waals surface area contributed by atoms with E-state index in [4.69, 9.17) is 28.6 Å². The minimum absolute atomic E-state index is 0.00905. The standard InChI is InChI=1S/C19H17ClF2N4O2S/c1-11(10-28-16-7-6-14(21)8-15(16)22)23-17(27)9-26-18(24-25-19(26)29)12-2-4-13(20)5-3-12/h2-8,11H,9-10H2,1H3,(H,23,27)(H,25,29). The topological polar surface area (TPSA) is 71.9 Å². The fourth-order valence-electron chi connectivity index (χ4n) is 2.60. The van der Waals surface area contributed by atoms with Crippen LogP contribution in [0.1, 0.15) is 6.92 Å². The summed E-state index contributed by atoms with van der Waals surface area (Å²) in [6.45, 7) is 1.64. The predicted octanol–water partition coefficient (Wildman–Crippen LogP) is 4.12. The largest absolute Gasteiger partial charge is 0.488 e. The van der Waals surface area contributed by atoms with E-state index in [0.717, 1.165) is 17.7 Å². The van der Waals surface area contributed by atoms with Gasteiger partial charge in [-0.25, -0.2) is 8.78 Å². The van der Waals surface area contributed by atoms with Gasteiger partial charge in [-0.1, -0.05) is 11.6 Å². The molecule has 1 atom stereocenters. The highest BCUT2D eigenvalue weighted by Crippen LogP contribution is 2.20. The highest BCUT2D eigenvalue weighted by molar-refractivity contribution is 7.71. The lowest BCUT2D eigenvalue weighted by atomic mass is 10.2. The minimum Gasteiger partial charge on any atom is -0.488 e. The molecule has 0 saturated carbocycles. The van der Waals surface area contributed by atoms with Crippen LogP contribution >= 0.6 is 23.8 Å². The molecule has 152 valence electrons. The van der Waals surface area contributed by atoms with Gasteiger partial charge in [-0.15, -0.1) is 0 Å². The maximum absolute atomic E-state index is 13.6. The first-order chi connectivity index (χ1) is 13.8. The number of ether oxygens (including phenoxy) is 1. The van der Waals surface area contributed by atoms with Gasteiger partial charge in [0.15, 0.2) is 22.2 Å². The molecule has 1 heterocycles. The van der Waals surface area contributed by atoms with Crippen LogP contribution in [0.2, 0.25) is 5.02 Å². The molecule has 3 aromatic rings. The highest BCUT2D eigenvalue weighted by atomic mass is 35.5. The van der Waals surface area contributed by atoms with E-state index >= 15 is 0 Å². The second-order valence-electron chi connectivity index (χ2n) is 6.30. The van der Waals surface area contributed by atoms with Crippen LogP contribution in [0.15, 0.2) is 42.5 Å². The molecule has 0 bridgehead atoms. The molecule has 10 heteroatoms. The summed E-state index contributed by atoms with van der Waals surface area (Å²) in [5, 5.41) is 10.2. The molecule has 1 amide bonds. The van der Waals surface area contributed by atoms with Crippen LogP contribution in [0.5, 0.6) is 5.75 Å². The summed E-state index contributed by atoms with van der Waals surface area (Å²) in [7, 11) is 0. The van der Waals surface area contributed by atoms with Gasteiger partial charge < -0.3 is 10.1 Å². The van der Waals surface area contributed by atoms with E-state index in [1.807, 2.05) is 0 Å². The zero-order chi connectivity index (χ0) is 21.0. The number of hydrogen-bond acceptors (Lipinski definition) is 4. The molecule has 0 spiro atoms. The third kappa shape index (κ3) is 5.39. The molecule has 1 aromatic heterocycles. The lowest BCUT2D eigenvalue weighted by molar-refractivity contribution is -0.122. The van der Waals surface area contributed by atoms with Crippen molar-refractivity contribution in [2.45, 2.75) is 19.5 Å². The zero-order valence-corrected chi connectivity index (χ0v) is 16.9. The Morgan fingerprint density at radius 3 is 2.72 bits per heavy atom. The molecule has 0 fully saturated rings. The molecule has 0 aliphatic rings.